The lowest BCUT2D eigenvalue weighted by molar-refractivity contribution is -0.134. The molecule has 1 aliphatic rings. The molecule has 2 aromatic carbocycles. The number of hydrogen-bond donors (Lipinski definition) is 2. The van der Waals surface area contributed by atoms with Crippen LogP contribution >= 0.6 is 0 Å². The number of amides is 4. The van der Waals surface area contributed by atoms with Crippen LogP contribution in [0, 0.1) is 6.92 Å². The van der Waals surface area contributed by atoms with Crippen LogP contribution in [0.15, 0.2) is 54.6 Å². The number of nitrogens with one attached hydrogen (secondary N) is 2. The van der Waals surface area contributed by atoms with E-state index in [-0.39, 0.29) is 6.54 Å². The van der Waals surface area contributed by atoms with Crippen LogP contribution in [0.3, 0.4) is 0 Å². The van der Waals surface area contributed by atoms with Crippen molar-refractivity contribution in [1.82, 2.24) is 10.2 Å². The van der Waals surface area contributed by atoms with E-state index in [2.05, 4.69) is 10.6 Å². The summed E-state index contributed by atoms with van der Waals surface area (Å²) in [6.07, 6.45) is 0.400. The maximum absolute atomic E-state index is 13.0. The Hall–Kier alpha value is -3.15. The summed E-state index contributed by atoms with van der Waals surface area (Å²) in [6.45, 7) is 3.39. The molecule has 134 valence electrons. The number of benzene rings is 2. The number of urea groups is 1. The predicted octanol–water partition coefficient (Wildman–Crippen LogP) is 2.79. The zero-order valence-corrected chi connectivity index (χ0v) is 14.8. The van der Waals surface area contributed by atoms with Crippen molar-refractivity contribution in [2.45, 2.75) is 25.8 Å². The molecular formula is C20H21N3O3. The quantitative estimate of drug-likeness (QED) is 0.813. The van der Waals surface area contributed by atoms with Gasteiger partial charge in [-0.2, -0.15) is 0 Å². The first-order valence-electron chi connectivity index (χ1n) is 8.53. The summed E-state index contributed by atoms with van der Waals surface area (Å²) in [5.74, 6) is -0.820. The van der Waals surface area contributed by atoms with E-state index in [0.29, 0.717) is 17.7 Å². The zero-order valence-electron chi connectivity index (χ0n) is 14.8. The molecule has 0 aliphatic carbocycles. The van der Waals surface area contributed by atoms with E-state index >= 15 is 0 Å². The molecule has 2 N–H and O–H groups in total. The van der Waals surface area contributed by atoms with Gasteiger partial charge in [0.15, 0.2) is 0 Å². The Bertz CT molecular complexity index is 850. The minimum absolute atomic E-state index is 0.326. The first-order valence-corrected chi connectivity index (χ1v) is 8.53. The van der Waals surface area contributed by atoms with E-state index in [1.165, 1.54) is 0 Å². The van der Waals surface area contributed by atoms with Crippen molar-refractivity contribution in [3.05, 3.63) is 65.7 Å². The van der Waals surface area contributed by atoms with Crippen LogP contribution in [0.25, 0.3) is 0 Å². The Morgan fingerprint density at radius 2 is 1.73 bits per heavy atom. The average Bonchev–Trinajstić information content (AvgIpc) is 2.89. The highest BCUT2D eigenvalue weighted by atomic mass is 16.2. The number of rotatable bonds is 5. The maximum Gasteiger partial charge on any atom is 0.325 e. The van der Waals surface area contributed by atoms with Crippen molar-refractivity contribution >= 4 is 23.5 Å². The van der Waals surface area contributed by atoms with Gasteiger partial charge in [0.1, 0.15) is 12.1 Å². The summed E-state index contributed by atoms with van der Waals surface area (Å²) < 4.78 is 0. The molecule has 0 bridgehead atoms. The zero-order chi connectivity index (χ0) is 18.7. The van der Waals surface area contributed by atoms with Crippen LogP contribution < -0.4 is 10.6 Å². The highest BCUT2D eigenvalue weighted by Crippen LogP contribution is 2.32. The molecule has 6 nitrogen and oxygen atoms in total. The molecule has 0 aromatic heterocycles. The molecule has 1 atom stereocenters. The Morgan fingerprint density at radius 3 is 2.38 bits per heavy atom. The molecule has 1 aliphatic heterocycles. The number of imide groups is 1. The Morgan fingerprint density at radius 1 is 1.08 bits per heavy atom. The van der Waals surface area contributed by atoms with E-state index in [9.17, 15) is 14.4 Å². The van der Waals surface area contributed by atoms with Crippen LogP contribution in [0.2, 0.25) is 0 Å². The van der Waals surface area contributed by atoms with Gasteiger partial charge < -0.3 is 10.6 Å². The molecule has 6 heteroatoms. The normalized spacial score (nSPS) is 19.4. The fourth-order valence-electron chi connectivity index (χ4n) is 3.18. The largest absolute Gasteiger partial charge is 0.325 e. The first-order chi connectivity index (χ1) is 12.5. The fourth-order valence-corrected chi connectivity index (χ4v) is 3.18. The van der Waals surface area contributed by atoms with Crippen LogP contribution in [-0.2, 0) is 15.1 Å². The minimum atomic E-state index is -1.12. The van der Waals surface area contributed by atoms with Gasteiger partial charge in [-0.15, -0.1) is 0 Å². The molecule has 0 saturated carbocycles. The third kappa shape index (κ3) is 3.06. The highest BCUT2D eigenvalue weighted by molar-refractivity contribution is 6.10. The summed E-state index contributed by atoms with van der Waals surface area (Å²) in [5.41, 5.74) is 1.16. The van der Waals surface area contributed by atoms with Gasteiger partial charge in [-0.05, 0) is 30.5 Å². The molecule has 1 heterocycles. The molecular weight excluding hydrogens is 330 g/mol. The lowest BCUT2D eigenvalue weighted by atomic mass is 9.87. The molecule has 1 fully saturated rings. The summed E-state index contributed by atoms with van der Waals surface area (Å²) in [6, 6.07) is 15.9. The second kappa shape index (κ2) is 7.00. The minimum Gasteiger partial charge on any atom is -0.324 e. The molecule has 4 amide bonds. The third-order valence-corrected chi connectivity index (χ3v) is 4.69. The topological polar surface area (TPSA) is 78.5 Å². The predicted molar refractivity (Wildman–Crippen MR) is 98.5 cm³/mol. The molecule has 26 heavy (non-hydrogen) atoms. The van der Waals surface area contributed by atoms with Gasteiger partial charge in [0, 0.05) is 5.69 Å². The summed E-state index contributed by atoms with van der Waals surface area (Å²) in [5, 5.41) is 5.52. The summed E-state index contributed by atoms with van der Waals surface area (Å²) in [7, 11) is 0. The third-order valence-electron chi connectivity index (χ3n) is 4.69. The molecule has 0 spiro atoms. The maximum atomic E-state index is 13.0. The Balaban J connectivity index is 1.79. The van der Waals surface area contributed by atoms with Crippen molar-refractivity contribution in [2.75, 3.05) is 11.9 Å². The first kappa shape index (κ1) is 17.7. The van der Waals surface area contributed by atoms with E-state index in [4.69, 9.17) is 0 Å². The van der Waals surface area contributed by atoms with Crippen LogP contribution in [0.1, 0.15) is 24.5 Å². The van der Waals surface area contributed by atoms with Crippen molar-refractivity contribution in [3.8, 4) is 0 Å². The van der Waals surface area contributed by atoms with Gasteiger partial charge in [-0.25, -0.2) is 4.79 Å². The van der Waals surface area contributed by atoms with Crippen molar-refractivity contribution in [1.29, 1.82) is 0 Å². The number of aryl methyl sites for hydroxylation is 1. The van der Waals surface area contributed by atoms with E-state index in [0.717, 1.165) is 10.5 Å². The van der Waals surface area contributed by atoms with Gasteiger partial charge in [0.05, 0.1) is 0 Å². The van der Waals surface area contributed by atoms with Crippen molar-refractivity contribution in [2.24, 2.45) is 0 Å². The molecule has 1 saturated heterocycles. The number of carbonyl (C=O) groups is 3. The standard InChI is InChI=1S/C20H21N3O3/c1-3-20(15-10-5-4-6-11-15)18(25)23(19(26)22-20)13-17(24)21-16-12-8-7-9-14(16)2/h4-12H,3,13H2,1-2H3,(H,21,24)(H,22,26)/t20-/m0/s1. The SMILES string of the molecule is CC[C@@]1(c2ccccc2)NC(=O)N(CC(=O)Nc2ccccc2C)C1=O. The van der Waals surface area contributed by atoms with Gasteiger partial charge >= 0.3 is 6.03 Å². The van der Waals surface area contributed by atoms with Gasteiger partial charge in [0.2, 0.25) is 5.91 Å². The molecule has 2 aromatic rings. The van der Waals surface area contributed by atoms with Crippen molar-refractivity contribution in [3.63, 3.8) is 0 Å². The number of anilines is 1. The smallest absolute Gasteiger partial charge is 0.324 e. The van der Waals surface area contributed by atoms with E-state index in [1.54, 1.807) is 18.2 Å². The lowest BCUT2D eigenvalue weighted by Crippen LogP contribution is -2.44. The fraction of sp³-hybridized carbons (Fsp3) is 0.250. The van der Waals surface area contributed by atoms with E-state index in [1.807, 2.05) is 50.2 Å². The average molecular weight is 351 g/mol. The Kier molecular flexibility index (Phi) is 4.75. The second-order valence-electron chi connectivity index (χ2n) is 6.31. The lowest BCUT2D eigenvalue weighted by Gasteiger charge is -2.25. The van der Waals surface area contributed by atoms with Crippen LogP contribution in [-0.4, -0.2) is 29.3 Å². The molecule has 0 unspecified atom stereocenters. The molecule has 3 rings (SSSR count). The number of para-hydroxylation sites is 1. The van der Waals surface area contributed by atoms with Crippen LogP contribution in [0.4, 0.5) is 10.5 Å². The summed E-state index contributed by atoms with van der Waals surface area (Å²) >= 11 is 0. The number of nitrogens with zero attached hydrogens (tertiary/aromatic N) is 1. The van der Waals surface area contributed by atoms with Gasteiger partial charge in [0.25, 0.3) is 5.91 Å². The Labute approximate surface area is 152 Å². The highest BCUT2D eigenvalue weighted by Gasteiger charge is 2.51. The number of carbonyl (C=O) groups excluding carboxylic acids is 3. The van der Waals surface area contributed by atoms with E-state index < -0.39 is 23.4 Å². The van der Waals surface area contributed by atoms with Crippen LogP contribution in [0.5, 0.6) is 0 Å². The monoisotopic (exact) mass is 351 g/mol. The summed E-state index contributed by atoms with van der Waals surface area (Å²) in [4.78, 5) is 38.7. The van der Waals surface area contributed by atoms with Crippen molar-refractivity contribution < 1.29 is 14.4 Å². The second-order valence-corrected chi connectivity index (χ2v) is 6.31. The number of hydrogen-bond acceptors (Lipinski definition) is 3. The van der Waals surface area contributed by atoms with Gasteiger partial charge in [-0.3, -0.25) is 14.5 Å². The van der Waals surface area contributed by atoms with Gasteiger partial charge in [-0.1, -0.05) is 55.5 Å². The molecule has 0 radical (unpaired) electrons.